The first-order valence-corrected chi connectivity index (χ1v) is 7.41. The van der Waals surface area contributed by atoms with Crippen molar-refractivity contribution in [1.29, 1.82) is 0 Å². The van der Waals surface area contributed by atoms with Gasteiger partial charge in [0.15, 0.2) is 0 Å². The number of anilines is 1. The molecular formula is C15H23ClN2O2. The third-order valence-corrected chi connectivity index (χ3v) is 3.73. The normalized spacial score (nSPS) is 17.9. The van der Waals surface area contributed by atoms with Crippen LogP contribution in [0.1, 0.15) is 12.5 Å². The topological polar surface area (TPSA) is 33.7 Å². The molecule has 2 rings (SSSR count). The summed E-state index contributed by atoms with van der Waals surface area (Å²) < 4.78 is 10.5. The van der Waals surface area contributed by atoms with Crippen LogP contribution in [0.25, 0.3) is 0 Å². The van der Waals surface area contributed by atoms with Gasteiger partial charge >= 0.3 is 0 Å². The zero-order valence-corrected chi connectivity index (χ0v) is 12.9. The number of methoxy groups -OCH3 is 1. The van der Waals surface area contributed by atoms with Crippen molar-refractivity contribution in [3.63, 3.8) is 0 Å². The first kappa shape index (κ1) is 15.6. The molecule has 1 aliphatic rings. The lowest BCUT2D eigenvalue weighted by molar-refractivity contribution is 0.0342. The van der Waals surface area contributed by atoms with Crippen LogP contribution in [0.4, 0.5) is 5.69 Å². The predicted octanol–water partition coefficient (Wildman–Crippen LogP) is 2.62. The second-order valence-corrected chi connectivity index (χ2v) is 5.60. The monoisotopic (exact) mass is 298 g/mol. The van der Waals surface area contributed by atoms with Gasteiger partial charge in [-0.05, 0) is 24.6 Å². The Kier molecular flexibility index (Phi) is 6.10. The van der Waals surface area contributed by atoms with E-state index in [1.807, 2.05) is 6.07 Å². The summed E-state index contributed by atoms with van der Waals surface area (Å²) in [6.45, 7) is 7.21. The molecule has 0 amide bonds. The standard InChI is InChI=1S/C15H23ClN2O2/c1-12(11-19-2)17-14-4-3-13(15(16)9-14)10-18-5-7-20-8-6-18/h3-4,9,12,17H,5-8,10-11H2,1-2H3/t12-/m0/s1. The Balaban J connectivity index is 1.94. The average Bonchev–Trinajstić information content (AvgIpc) is 2.43. The van der Waals surface area contributed by atoms with Crippen LogP contribution in [-0.2, 0) is 16.0 Å². The Labute approximate surface area is 126 Å². The van der Waals surface area contributed by atoms with E-state index in [-0.39, 0.29) is 6.04 Å². The van der Waals surface area contributed by atoms with Gasteiger partial charge in [0.25, 0.3) is 0 Å². The Morgan fingerprint density at radius 3 is 2.80 bits per heavy atom. The largest absolute Gasteiger partial charge is 0.383 e. The summed E-state index contributed by atoms with van der Waals surface area (Å²) in [4.78, 5) is 2.37. The minimum atomic E-state index is 0.265. The van der Waals surface area contributed by atoms with Gasteiger partial charge in [0.05, 0.1) is 19.8 Å². The van der Waals surface area contributed by atoms with E-state index >= 15 is 0 Å². The van der Waals surface area contributed by atoms with Gasteiger partial charge in [0.1, 0.15) is 0 Å². The van der Waals surface area contributed by atoms with Crippen molar-refractivity contribution in [3.05, 3.63) is 28.8 Å². The number of hydrogen-bond donors (Lipinski definition) is 1. The summed E-state index contributed by atoms with van der Waals surface area (Å²) in [5.74, 6) is 0. The van der Waals surface area contributed by atoms with Crippen LogP contribution >= 0.6 is 11.6 Å². The smallest absolute Gasteiger partial charge is 0.0661 e. The molecule has 4 nitrogen and oxygen atoms in total. The second-order valence-electron chi connectivity index (χ2n) is 5.20. The Hall–Kier alpha value is -0.810. The van der Waals surface area contributed by atoms with Crippen molar-refractivity contribution in [1.82, 2.24) is 4.90 Å². The molecular weight excluding hydrogens is 276 g/mol. The van der Waals surface area contributed by atoms with Crippen LogP contribution in [0.15, 0.2) is 18.2 Å². The fourth-order valence-corrected chi connectivity index (χ4v) is 2.58. The van der Waals surface area contributed by atoms with E-state index in [1.54, 1.807) is 7.11 Å². The summed E-state index contributed by atoms with van der Waals surface area (Å²) in [6, 6.07) is 6.43. The maximum atomic E-state index is 6.38. The molecule has 5 heteroatoms. The number of hydrogen-bond acceptors (Lipinski definition) is 4. The summed E-state index contributed by atoms with van der Waals surface area (Å²) in [5.41, 5.74) is 2.20. The summed E-state index contributed by atoms with van der Waals surface area (Å²) in [6.07, 6.45) is 0. The highest BCUT2D eigenvalue weighted by molar-refractivity contribution is 6.31. The van der Waals surface area contributed by atoms with Gasteiger partial charge in [-0.3, -0.25) is 4.90 Å². The summed E-state index contributed by atoms with van der Waals surface area (Å²) >= 11 is 6.38. The molecule has 1 aromatic carbocycles. The predicted molar refractivity (Wildman–Crippen MR) is 82.5 cm³/mol. The highest BCUT2D eigenvalue weighted by atomic mass is 35.5. The molecule has 0 aromatic heterocycles. The van der Waals surface area contributed by atoms with E-state index in [0.717, 1.165) is 43.6 Å². The van der Waals surface area contributed by atoms with Gasteiger partial charge in [0, 0.05) is 43.5 Å². The van der Waals surface area contributed by atoms with E-state index in [9.17, 15) is 0 Å². The van der Waals surface area contributed by atoms with Crippen molar-refractivity contribution in [2.45, 2.75) is 19.5 Å². The molecule has 20 heavy (non-hydrogen) atoms. The number of ether oxygens (including phenoxy) is 2. The van der Waals surface area contributed by atoms with Crippen molar-refractivity contribution >= 4 is 17.3 Å². The van der Waals surface area contributed by atoms with E-state index in [1.165, 1.54) is 5.56 Å². The molecule has 1 aliphatic heterocycles. The fraction of sp³-hybridized carbons (Fsp3) is 0.600. The van der Waals surface area contributed by atoms with Crippen molar-refractivity contribution < 1.29 is 9.47 Å². The molecule has 112 valence electrons. The summed E-state index contributed by atoms with van der Waals surface area (Å²) in [5, 5.41) is 4.18. The molecule has 1 N–H and O–H groups in total. The minimum absolute atomic E-state index is 0.265. The Bertz CT molecular complexity index is 422. The molecule has 1 aromatic rings. The molecule has 1 atom stereocenters. The second kappa shape index (κ2) is 7.84. The third-order valence-electron chi connectivity index (χ3n) is 3.38. The molecule has 0 unspecified atom stereocenters. The lowest BCUT2D eigenvalue weighted by atomic mass is 10.1. The highest BCUT2D eigenvalue weighted by Crippen LogP contribution is 2.23. The Morgan fingerprint density at radius 2 is 2.15 bits per heavy atom. The quantitative estimate of drug-likeness (QED) is 0.875. The SMILES string of the molecule is COC[C@H](C)Nc1ccc(CN2CCOCC2)c(Cl)c1. The molecule has 0 saturated carbocycles. The van der Waals surface area contributed by atoms with Crippen LogP contribution < -0.4 is 5.32 Å². The van der Waals surface area contributed by atoms with Crippen LogP contribution in [0, 0.1) is 0 Å². The molecule has 1 saturated heterocycles. The van der Waals surface area contributed by atoms with Crippen LogP contribution in [0.3, 0.4) is 0 Å². The average molecular weight is 299 g/mol. The van der Waals surface area contributed by atoms with Gasteiger partial charge in [-0.1, -0.05) is 17.7 Å². The lowest BCUT2D eigenvalue weighted by Gasteiger charge is -2.27. The maximum Gasteiger partial charge on any atom is 0.0661 e. The van der Waals surface area contributed by atoms with E-state index in [4.69, 9.17) is 21.1 Å². The van der Waals surface area contributed by atoms with Crippen LogP contribution in [0.5, 0.6) is 0 Å². The number of benzene rings is 1. The number of rotatable bonds is 6. The zero-order chi connectivity index (χ0) is 14.4. The van der Waals surface area contributed by atoms with E-state index in [2.05, 4.69) is 29.3 Å². The Morgan fingerprint density at radius 1 is 1.40 bits per heavy atom. The number of nitrogens with one attached hydrogen (secondary N) is 1. The zero-order valence-electron chi connectivity index (χ0n) is 12.2. The third kappa shape index (κ3) is 4.63. The van der Waals surface area contributed by atoms with E-state index < -0.39 is 0 Å². The minimum Gasteiger partial charge on any atom is -0.383 e. The van der Waals surface area contributed by atoms with Crippen LogP contribution in [-0.4, -0.2) is 51.0 Å². The van der Waals surface area contributed by atoms with Crippen molar-refractivity contribution in [2.24, 2.45) is 0 Å². The number of halogens is 1. The maximum absolute atomic E-state index is 6.38. The van der Waals surface area contributed by atoms with Gasteiger partial charge in [0.2, 0.25) is 0 Å². The summed E-state index contributed by atoms with van der Waals surface area (Å²) in [7, 11) is 1.70. The molecule has 0 aliphatic carbocycles. The molecule has 0 radical (unpaired) electrons. The van der Waals surface area contributed by atoms with Gasteiger partial charge in [-0.2, -0.15) is 0 Å². The van der Waals surface area contributed by atoms with Gasteiger partial charge in [-0.15, -0.1) is 0 Å². The van der Waals surface area contributed by atoms with Gasteiger partial charge < -0.3 is 14.8 Å². The molecule has 0 bridgehead atoms. The van der Waals surface area contributed by atoms with E-state index in [0.29, 0.717) is 6.61 Å². The van der Waals surface area contributed by atoms with Crippen LogP contribution in [0.2, 0.25) is 5.02 Å². The molecule has 1 fully saturated rings. The number of nitrogens with zero attached hydrogens (tertiary/aromatic N) is 1. The first-order chi connectivity index (χ1) is 9.69. The molecule has 1 heterocycles. The lowest BCUT2D eigenvalue weighted by Crippen LogP contribution is -2.35. The van der Waals surface area contributed by atoms with Crippen molar-refractivity contribution in [2.75, 3.05) is 45.3 Å². The van der Waals surface area contributed by atoms with Crippen molar-refractivity contribution in [3.8, 4) is 0 Å². The van der Waals surface area contributed by atoms with Gasteiger partial charge in [-0.25, -0.2) is 0 Å². The highest BCUT2D eigenvalue weighted by Gasteiger charge is 2.13. The fourth-order valence-electron chi connectivity index (χ4n) is 2.34. The molecule has 0 spiro atoms. The first-order valence-electron chi connectivity index (χ1n) is 7.03. The number of morpholine rings is 1.